The zero-order chi connectivity index (χ0) is 21.6. The molecule has 4 rings (SSSR count). The van der Waals surface area contributed by atoms with Crippen molar-refractivity contribution in [2.24, 2.45) is 5.92 Å². The maximum atomic E-state index is 13.1. The maximum absolute atomic E-state index is 13.1. The highest BCUT2D eigenvalue weighted by atomic mass is 16.5. The van der Waals surface area contributed by atoms with Crippen LogP contribution in [0.4, 0.5) is 5.69 Å². The fourth-order valence-corrected chi connectivity index (χ4v) is 4.71. The summed E-state index contributed by atoms with van der Waals surface area (Å²) in [6.07, 6.45) is 1.94. The van der Waals surface area contributed by atoms with Crippen LogP contribution in [-0.4, -0.2) is 61.6 Å². The van der Waals surface area contributed by atoms with E-state index in [9.17, 15) is 4.79 Å². The third-order valence-electron chi connectivity index (χ3n) is 6.56. The van der Waals surface area contributed by atoms with Crippen LogP contribution in [0.2, 0.25) is 0 Å². The number of benzene rings is 2. The Labute approximate surface area is 186 Å². The minimum atomic E-state index is 0.177. The van der Waals surface area contributed by atoms with E-state index < -0.39 is 0 Å². The number of carbonyl (C=O) groups is 1. The lowest BCUT2D eigenvalue weighted by Crippen LogP contribution is -2.51. The Balaban J connectivity index is 1.25. The molecule has 2 aliphatic rings. The third kappa shape index (κ3) is 5.40. The zero-order valence-electron chi connectivity index (χ0n) is 18.9. The molecule has 166 valence electrons. The van der Waals surface area contributed by atoms with E-state index in [0.29, 0.717) is 12.5 Å². The fourth-order valence-electron chi connectivity index (χ4n) is 4.71. The van der Waals surface area contributed by atoms with Crippen molar-refractivity contribution in [2.75, 3.05) is 50.8 Å². The standard InChI is InChI=1S/C26H35N3O2/c1-3-31-25-7-5-4-6-24(25)28-16-18-29(19-17-28)26(30)23-12-14-27(15-13-23)20-22-10-8-21(2)9-11-22/h4-11,23H,3,12-20H2,1-2H3. The molecule has 5 nitrogen and oxygen atoms in total. The van der Waals surface area contributed by atoms with Crippen molar-refractivity contribution in [1.29, 1.82) is 0 Å². The Kier molecular flexibility index (Phi) is 7.13. The van der Waals surface area contributed by atoms with Gasteiger partial charge in [0.15, 0.2) is 0 Å². The zero-order valence-corrected chi connectivity index (χ0v) is 18.9. The number of piperidine rings is 1. The average molecular weight is 422 g/mol. The fraction of sp³-hybridized carbons (Fsp3) is 0.500. The van der Waals surface area contributed by atoms with Gasteiger partial charge < -0.3 is 14.5 Å². The molecule has 2 aliphatic heterocycles. The number of anilines is 1. The van der Waals surface area contributed by atoms with E-state index in [1.807, 2.05) is 19.1 Å². The van der Waals surface area contributed by atoms with Crippen molar-refractivity contribution in [1.82, 2.24) is 9.80 Å². The molecule has 0 atom stereocenters. The summed E-state index contributed by atoms with van der Waals surface area (Å²) in [6, 6.07) is 17.0. The smallest absolute Gasteiger partial charge is 0.225 e. The van der Waals surface area contributed by atoms with Crippen molar-refractivity contribution in [3.8, 4) is 5.75 Å². The van der Waals surface area contributed by atoms with Crippen LogP contribution in [0.1, 0.15) is 30.9 Å². The first kappa shape index (κ1) is 21.7. The van der Waals surface area contributed by atoms with E-state index in [2.05, 4.69) is 58.0 Å². The molecule has 31 heavy (non-hydrogen) atoms. The quantitative estimate of drug-likeness (QED) is 0.708. The lowest BCUT2D eigenvalue weighted by atomic mass is 9.94. The van der Waals surface area contributed by atoms with Crippen molar-refractivity contribution in [3.05, 3.63) is 59.7 Å². The number of aryl methyl sites for hydroxylation is 1. The Bertz CT molecular complexity index is 851. The number of hydrogen-bond acceptors (Lipinski definition) is 4. The van der Waals surface area contributed by atoms with Crippen LogP contribution in [0.5, 0.6) is 5.75 Å². The summed E-state index contributed by atoms with van der Waals surface area (Å²) in [5.74, 6) is 1.47. The largest absolute Gasteiger partial charge is 0.492 e. The number of rotatable bonds is 6. The molecule has 0 saturated carbocycles. The number of piperazine rings is 1. The van der Waals surface area contributed by atoms with Gasteiger partial charge in [-0.1, -0.05) is 42.0 Å². The van der Waals surface area contributed by atoms with E-state index >= 15 is 0 Å². The lowest BCUT2D eigenvalue weighted by molar-refractivity contribution is -0.137. The molecule has 0 spiro atoms. The molecule has 0 aromatic heterocycles. The number of hydrogen-bond donors (Lipinski definition) is 0. The second-order valence-electron chi connectivity index (χ2n) is 8.75. The van der Waals surface area contributed by atoms with Crippen LogP contribution >= 0.6 is 0 Å². The van der Waals surface area contributed by atoms with Gasteiger partial charge >= 0.3 is 0 Å². The maximum Gasteiger partial charge on any atom is 0.225 e. The summed E-state index contributed by atoms with van der Waals surface area (Å²) in [4.78, 5) is 20.0. The SMILES string of the molecule is CCOc1ccccc1N1CCN(C(=O)C2CCN(Cc3ccc(C)cc3)CC2)CC1. The van der Waals surface area contributed by atoms with Gasteiger partial charge in [-0.2, -0.15) is 0 Å². The first-order chi connectivity index (χ1) is 15.1. The second kappa shape index (κ2) is 10.2. The first-order valence-electron chi connectivity index (χ1n) is 11.7. The topological polar surface area (TPSA) is 36.0 Å². The Morgan fingerprint density at radius 1 is 0.935 bits per heavy atom. The van der Waals surface area contributed by atoms with Gasteiger partial charge in [-0.3, -0.25) is 9.69 Å². The molecular formula is C26H35N3O2. The molecule has 2 fully saturated rings. The van der Waals surface area contributed by atoms with E-state index in [4.69, 9.17) is 4.74 Å². The van der Waals surface area contributed by atoms with Gasteiger partial charge in [0, 0.05) is 38.6 Å². The van der Waals surface area contributed by atoms with E-state index in [1.54, 1.807) is 0 Å². The molecule has 0 unspecified atom stereocenters. The van der Waals surface area contributed by atoms with Crippen LogP contribution < -0.4 is 9.64 Å². The van der Waals surface area contributed by atoms with Gasteiger partial charge in [-0.15, -0.1) is 0 Å². The van der Waals surface area contributed by atoms with Crippen molar-refractivity contribution < 1.29 is 9.53 Å². The predicted molar refractivity (Wildman–Crippen MR) is 126 cm³/mol. The summed E-state index contributed by atoms with van der Waals surface area (Å²) in [5.41, 5.74) is 3.80. The van der Waals surface area contributed by atoms with Gasteiger partial charge in [-0.05, 0) is 57.5 Å². The monoisotopic (exact) mass is 421 g/mol. The molecule has 2 saturated heterocycles. The average Bonchev–Trinajstić information content (AvgIpc) is 2.81. The van der Waals surface area contributed by atoms with Crippen molar-refractivity contribution in [3.63, 3.8) is 0 Å². The Morgan fingerprint density at radius 3 is 2.29 bits per heavy atom. The predicted octanol–water partition coefficient (Wildman–Crippen LogP) is 3.95. The number of ether oxygens (including phenoxy) is 1. The van der Waals surface area contributed by atoms with Gasteiger partial charge in [0.25, 0.3) is 0 Å². The molecule has 5 heteroatoms. The summed E-state index contributed by atoms with van der Waals surface area (Å²) in [7, 11) is 0. The summed E-state index contributed by atoms with van der Waals surface area (Å²) < 4.78 is 5.79. The number of carbonyl (C=O) groups excluding carboxylic acids is 1. The molecular weight excluding hydrogens is 386 g/mol. The minimum Gasteiger partial charge on any atom is -0.492 e. The van der Waals surface area contributed by atoms with Gasteiger partial charge in [-0.25, -0.2) is 0 Å². The summed E-state index contributed by atoms with van der Waals surface area (Å²) in [5, 5.41) is 0. The number of amides is 1. The van der Waals surface area contributed by atoms with Crippen molar-refractivity contribution in [2.45, 2.75) is 33.2 Å². The molecule has 2 aromatic carbocycles. The highest BCUT2D eigenvalue weighted by molar-refractivity contribution is 5.79. The van der Waals surface area contributed by atoms with Crippen LogP contribution in [-0.2, 0) is 11.3 Å². The number of para-hydroxylation sites is 2. The van der Waals surface area contributed by atoms with E-state index in [1.165, 1.54) is 11.1 Å². The minimum absolute atomic E-state index is 0.177. The van der Waals surface area contributed by atoms with Gasteiger partial charge in [0.05, 0.1) is 12.3 Å². The molecule has 2 heterocycles. The summed E-state index contributed by atoms with van der Waals surface area (Å²) in [6.45, 7) is 11.1. The highest BCUT2D eigenvalue weighted by Crippen LogP contribution is 2.29. The van der Waals surface area contributed by atoms with Gasteiger partial charge in [0.2, 0.25) is 5.91 Å². The van der Waals surface area contributed by atoms with E-state index in [-0.39, 0.29) is 5.92 Å². The number of likely N-dealkylation sites (tertiary alicyclic amines) is 1. The first-order valence-corrected chi connectivity index (χ1v) is 11.7. The van der Waals surface area contributed by atoms with Crippen LogP contribution in [0.15, 0.2) is 48.5 Å². The highest BCUT2D eigenvalue weighted by Gasteiger charge is 2.30. The van der Waals surface area contributed by atoms with Crippen molar-refractivity contribution >= 4 is 11.6 Å². The number of nitrogens with zero attached hydrogens (tertiary/aromatic N) is 3. The van der Waals surface area contributed by atoms with Crippen LogP contribution in [0.3, 0.4) is 0 Å². The molecule has 0 radical (unpaired) electrons. The summed E-state index contributed by atoms with van der Waals surface area (Å²) >= 11 is 0. The second-order valence-corrected chi connectivity index (χ2v) is 8.75. The molecule has 0 bridgehead atoms. The van der Waals surface area contributed by atoms with Crippen LogP contribution in [0, 0.1) is 12.8 Å². The molecule has 0 N–H and O–H groups in total. The molecule has 2 aromatic rings. The van der Waals surface area contributed by atoms with E-state index in [0.717, 1.165) is 70.1 Å². The lowest BCUT2D eigenvalue weighted by Gasteiger charge is -2.39. The Hall–Kier alpha value is -2.53. The van der Waals surface area contributed by atoms with Crippen LogP contribution in [0.25, 0.3) is 0 Å². The molecule has 1 amide bonds. The Morgan fingerprint density at radius 2 is 1.61 bits per heavy atom. The normalized spacial score (nSPS) is 18.3. The third-order valence-corrected chi connectivity index (χ3v) is 6.56. The van der Waals surface area contributed by atoms with Gasteiger partial charge in [0.1, 0.15) is 5.75 Å². The molecule has 0 aliphatic carbocycles.